The summed E-state index contributed by atoms with van der Waals surface area (Å²) in [6.45, 7) is 4.17. The van der Waals surface area contributed by atoms with Gasteiger partial charge in [0.15, 0.2) is 0 Å². The van der Waals surface area contributed by atoms with E-state index in [1.54, 1.807) is 37.3 Å². The Bertz CT molecular complexity index is 1130. The van der Waals surface area contributed by atoms with E-state index in [-0.39, 0.29) is 36.5 Å². The fourth-order valence-corrected chi connectivity index (χ4v) is 3.40. The molecular weight excluding hydrogens is 542 g/mol. The zero-order chi connectivity index (χ0) is 26.7. The molecule has 0 radical (unpaired) electrons. The Kier molecular flexibility index (Phi) is 10.7. The van der Waals surface area contributed by atoms with Gasteiger partial charge < -0.3 is 23.4 Å². The maximum atomic E-state index is 13.1. The van der Waals surface area contributed by atoms with E-state index in [0.29, 0.717) is 5.56 Å². The Hall–Kier alpha value is -3.67. The largest absolute Gasteiger partial charge is 0.464 e. The third kappa shape index (κ3) is 7.17. The zero-order valence-electron chi connectivity index (χ0n) is 20.0. The van der Waals surface area contributed by atoms with E-state index >= 15 is 0 Å². The molecule has 0 saturated heterocycles. The molecule has 0 aliphatic heterocycles. The van der Waals surface area contributed by atoms with Gasteiger partial charge in [0, 0.05) is 6.42 Å². The van der Waals surface area contributed by atoms with Gasteiger partial charge in [-0.3, -0.25) is 5.32 Å². The number of carbonyl (C=O) groups excluding carboxylic acids is 4. The number of ether oxygens (including phenoxy) is 4. The quantitative estimate of drug-likeness (QED) is 0.244. The second-order valence-electron chi connectivity index (χ2n) is 7.17. The predicted molar refractivity (Wildman–Crippen MR) is 128 cm³/mol. The number of alkyl carbamates (subject to hydrolysis) is 1. The Morgan fingerprint density at radius 3 is 2.06 bits per heavy atom. The SMILES string of the molecule is CCOC(=O)c1cc(CC(NC(=O)OCc2ccccc2)(C(=O)OCC)C(=O)OCC)c(Br)c(=O)o1. The van der Waals surface area contributed by atoms with E-state index in [0.717, 1.165) is 6.07 Å². The maximum absolute atomic E-state index is 13.1. The van der Waals surface area contributed by atoms with Gasteiger partial charge in [-0.25, -0.2) is 24.0 Å². The number of halogens is 1. The van der Waals surface area contributed by atoms with Crippen LogP contribution in [-0.2, 0) is 41.6 Å². The monoisotopic (exact) mass is 567 g/mol. The lowest BCUT2D eigenvalue weighted by Gasteiger charge is -2.30. The molecule has 0 fully saturated rings. The van der Waals surface area contributed by atoms with Crippen molar-refractivity contribution in [1.29, 1.82) is 0 Å². The predicted octanol–water partition coefficient (Wildman–Crippen LogP) is 2.91. The topological polar surface area (TPSA) is 147 Å². The normalized spacial score (nSPS) is 10.8. The van der Waals surface area contributed by atoms with Crippen molar-refractivity contribution in [2.45, 2.75) is 39.3 Å². The summed E-state index contributed by atoms with van der Waals surface area (Å²) in [7, 11) is 0. The lowest BCUT2D eigenvalue weighted by Crippen LogP contribution is -2.63. The van der Waals surface area contributed by atoms with Crippen molar-refractivity contribution in [2.24, 2.45) is 0 Å². The van der Waals surface area contributed by atoms with E-state index in [1.165, 1.54) is 13.8 Å². The first-order valence-electron chi connectivity index (χ1n) is 11.0. The average molecular weight is 568 g/mol. The van der Waals surface area contributed by atoms with E-state index in [9.17, 15) is 24.0 Å². The van der Waals surface area contributed by atoms with Crippen LogP contribution in [0.25, 0.3) is 0 Å². The highest BCUT2D eigenvalue weighted by atomic mass is 79.9. The van der Waals surface area contributed by atoms with Crippen LogP contribution in [0, 0.1) is 0 Å². The Morgan fingerprint density at radius 2 is 1.50 bits per heavy atom. The number of esters is 3. The fourth-order valence-electron chi connectivity index (χ4n) is 3.06. The molecule has 1 aromatic carbocycles. The highest BCUT2D eigenvalue weighted by molar-refractivity contribution is 9.10. The molecule has 0 spiro atoms. The summed E-state index contributed by atoms with van der Waals surface area (Å²) in [5, 5.41) is 2.26. The molecule has 2 rings (SSSR count). The van der Waals surface area contributed by atoms with Crippen LogP contribution in [0.2, 0.25) is 0 Å². The summed E-state index contributed by atoms with van der Waals surface area (Å²) in [5.74, 6) is -3.71. The second-order valence-corrected chi connectivity index (χ2v) is 7.96. The molecule has 0 unspecified atom stereocenters. The molecule has 0 aliphatic rings. The number of amides is 1. The third-order valence-corrected chi connectivity index (χ3v) is 5.51. The summed E-state index contributed by atoms with van der Waals surface area (Å²) >= 11 is 3.05. The minimum absolute atomic E-state index is 0.0122. The van der Waals surface area contributed by atoms with Gasteiger partial charge in [-0.1, -0.05) is 30.3 Å². The van der Waals surface area contributed by atoms with Gasteiger partial charge in [0.1, 0.15) is 11.1 Å². The van der Waals surface area contributed by atoms with Gasteiger partial charge in [0.05, 0.1) is 19.8 Å². The molecule has 1 N–H and O–H groups in total. The van der Waals surface area contributed by atoms with E-state index < -0.39 is 47.3 Å². The molecule has 0 aliphatic carbocycles. The number of benzene rings is 1. The molecule has 1 amide bonds. The van der Waals surface area contributed by atoms with Crippen molar-refractivity contribution >= 4 is 39.9 Å². The van der Waals surface area contributed by atoms with Gasteiger partial charge >= 0.3 is 29.6 Å². The fraction of sp³-hybridized carbons (Fsp3) is 0.375. The lowest BCUT2D eigenvalue weighted by atomic mass is 9.90. The van der Waals surface area contributed by atoms with Crippen LogP contribution in [-0.4, -0.2) is 49.4 Å². The second kappa shape index (κ2) is 13.4. The number of rotatable bonds is 11. The maximum Gasteiger partial charge on any atom is 0.408 e. The van der Waals surface area contributed by atoms with Crippen LogP contribution in [0.3, 0.4) is 0 Å². The standard InChI is InChI=1S/C24H26BrNO10/c1-4-32-19(27)17-12-16(18(25)20(28)36-17)13-24(21(29)33-5-2,22(30)34-6-3)26-23(31)35-14-15-10-8-7-9-11-15/h7-12H,4-6,13-14H2,1-3H3,(H,26,31). The Morgan fingerprint density at radius 1 is 0.917 bits per heavy atom. The van der Waals surface area contributed by atoms with Gasteiger partial charge in [-0.2, -0.15) is 0 Å². The summed E-state index contributed by atoms with van der Waals surface area (Å²) in [6, 6.07) is 9.83. The van der Waals surface area contributed by atoms with Crippen LogP contribution in [0.1, 0.15) is 42.5 Å². The van der Waals surface area contributed by atoms with Crippen LogP contribution < -0.4 is 10.9 Å². The summed E-state index contributed by atoms with van der Waals surface area (Å²) < 4.78 is 25.0. The summed E-state index contributed by atoms with van der Waals surface area (Å²) in [6.07, 6.45) is -1.76. The average Bonchev–Trinajstić information content (AvgIpc) is 2.85. The number of hydrogen-bond donors (Lipinski definition) is 1. The van der Waals surface area contributed by atoms with Crippen molar-refractivity contribution in [3.63, 3.8) is 0 Å². The molecule has 0 bridgehead atoms. The van der Waals surface area contributed by atoms with Crippen molar-refractivity contribution < 1.29 is 42.5 Å². The first kappa shape index (κ1) is 28.6. The van der Waals surface area contributed by atoms with Crippen molar-refractivity contribution in [1.82, 2.24) is 5.32 Å². The molecule has 1 aromatic heterocycles. The van der Waals surface area contributed by atoms with Crippen molar-refractivity contribution in [2.75, 3.05) is 19.8 Å². The third-order valence-electron chi connectivity index (χ3n) is 4.68. The summed E-state index contributed by atoms with van der Waals surface area (Å²) in [4.78, 5) is 63.5. The number of carbonyl (C=O) groups is 4. The zero-order valence-corrected chi connectivity index (χ0v) is 21.5. The van der Waals surface area contributed by atoms with Crippen LogP contribution in [0.15, 0.2) is 50.1 Å². The minimum atomic E-state index is -2.46. The molecule has 1 heterocycles. The first-order chi connectivity index (χ1) is 17.2. The van der Waals surface area contributed by atoms with E-state index in [1.807, 2.05) is 0 Å². The lowest BCUT2D eigenvalue weighted by molar-refractivity contribution is -0.166. The molecule has 0 saturated carbocycles. The smallest absolute Gasteiger partial charge is 0.408 e. The van der Waals surface area contributed by atoms with E-state index in [2.05, 4.69) is 21.2 Å². The number of hydrogen-bond acceptors (Lipinski definition) is 10. The summed E-state index contributed by atoms with van der Waals surface area (Å²) in [5.41, 5.74) is -2.79. The molecule has 12 heteroatoms. The van der Waals surface area contributed by atoms with Gasteiger partial charge in [-0.15, -0.1) is 0 Å². The molecule has 0 atom stereocenters. The highest BCUT2D eigenvalue weighted by Crippen LogP contribution is 2.24. The van der Waals surface area contributed by atoms with Crippen LogP contribution in [0.4, 0.5) is 4.79 Å². The Balaban J connectivity index is 2.51. The molecule has 36 heavy (non-hydrogen) atoms. The van der Waals surface area contributed by atoms with Crippen molar-refractivity contribution in [3.8, 4) is 0 Å². The Labute approximate surface area is 215 Å². The first-order valence-corrected chi connectivity index (χ1v) is 11.8. The van der Waals surface area contributed by atoms with Gasteiger partial charge in [0.25, 0.3) is 0 Å². The minimum Gasteiger partial charge on any atom is -0.464 e. The molecule has 2 aromatic rings. The highest BCUT2D eigenvalue weighted by Gasteiger charge is 2.51. The van der Waals surface area contributed by atoms with E-state index in [4.69, 9.17) is 23.4 Å². The molecule has 11 nitrogen and oxygen atoms in total. The molecular formula is C24H26BrNO10. The number of nitrogens with one attached hydrogen (secondary N) is 1. The molecule has 194 valence electrons. The van der Waals surface area contributed by atoms with Gasteiger partial charge in [0.2, 0.25) is 11.3 Å². The van der Waals surface area contributed by atoms with Crippen LogP contribution in [0.5, 0.6) is 0 Å². The van der Waals surface area contributed by atoms with Crippen molar-refractivity contribution in [3.05, 3.63) is 68.2 Å². The van der Waals surface area contributed by atoms with Gasteiger partial charge in [-0.05, 0) is 53.9 Å². The van der Waals surface area contributed by atoms with Crippen LogP contribution >= 0.6 is 15.9 Å².